The first-order valence-electron chi connectivity index (χ1n) is 7.99. The van der Waals surface area contributed by atoms with Crippen LogP contribution in [0.5, 0.6) is 5.75 Å². The number of carbonyl (C=O) groups is 2. The van der Waals surface area contributed by atoms with Crippen molar-refractivity contribution in [1.29, 1.82) is 0 Å². The summed E-state index contributed by atoms with van der Waals surface area (Å²) in [7, 11) is 1.51. The van der Waals surface area contributed by atoms with Gasteiger partial charge in [-0.15, -0.1) is 0 Å². The van der Waals surface area contributed by atoms with Gasteiger partial charge in [0.25, 0.3) is 0 Å². The van der Waals surface area contributed by atoms with Crippen molar-refractivity contribution in [3.63, 3.8) is 0 Å². The quantitative estimate of drug-likeness (QED) is 0.772. The molecule has 0 bridgehead atoms. The highest BCUT2D eigenvalue weighted by molar-refractivity contribution is 6.31. The van der Waals surface area contributed by atoms with Gasteiger partial charge in [-0.3, -0.25) is 9.59 Å². The lowest BCUT2D eigenvalue weighted by molar-refractivity contribution is -0.117. The van der Waals surface area contributed by atoms with E-state index < -0.39 is 0 Å². The lowest BCUT2D eigenvalue weighted by Gasteiger charge is -2.23. The molecule has 0 radical (unpaired) electrons. The molecule has 5 nitrogen and oxygen atoms in total. The molecule has 0 aliphatic heterocycles. The zero-order chi connectivity index (χ0) is 19.3. The van der Waals surface area contributed by atoms with Gasteiger partial charge in [0.2, 0.25) is 11.8 Å². The maximum atomic E-state index is 12.3. The van der Waals surface area contributed by atoms with Gasteiger partial charge in [-0.2, -0.15) is 0 Å². The second-order valence-corrected chi connectivity index (χ2v) is 6.62. The van der Waals surface area contributed by atoms with Gasteiger partial charge >= 0.3 is 0 Å². The van der Waals surface area contributed by atoms with Crippen LogP contribution in [-0.2, 0) is 9.59 Å². The van der Waals surface area contributed by atoms with E-state index in [1.807, 2.05) is 13.0 Å². The second kappa shape index (κ2) is 8.92. The fourth-order valence-electron chi connectivity index (χ4n) is 2.48. The Balaban J connectivity index is 2.12. The van der Waals surface area contributed by atoms with Crippen LogP contribution in [0.15, 0.2) is 36.4 Å². The molecule has 0 saturated carbocycles. The van der Waals surface area contributed by atoms with Crippen LogP contribution < -0.4 is 15.0 Å². The summed E-state index contributed by atoms with van der Waals surface area (Å²) < 4.78 is 5.30. The molecule has 2 aromatic carbocycles. The normalized spacial score (nSPS) is 10.3. The molecule has 1 N–H and O–H groups in total. The average Bonchev–Trinajstić information content (AvgIpc) is 2.58. The highest BCUT2D eigenvalue weighted by atomic mass is 35.5. The van der Waals surface area contributed by atoms with Gasteiger partial charge in [-0.05, 0) is 42.8 Å². The van der Waals surface area contributed by atoms with Crippen LogP contribution >= 0.6 is 23.2 Å². The number of anilines is 2. The van der Waals surface area contributed by atoms with Crippen molar-refractivity contribution in [2.45, 2.75) is 20.3 Å². The lowest BCUT2D eigenvalue weighted by atomic mass is 10.2. The summed E-state index contributed by atoms with van der Waals surface area (Å²) in [5.74, 6) is 0.0793. The van der Waals surface area contributed by atoms with Crippen molar-refractivity contribution in [3.8, 4) is 5.75 Å². The van der Waals surface area contributed by atoms with E-state index in [2.05, 4.69) is 5.32 Å². The Kier molecular flexibility index (Phi) is 6.89. The molecule has 0 aromatic heterocycles. The highest BCUT2D eigenvalue weighted by Crippen LogP contribution is 2.31. The summed E-state index contributed by atoms with van der Waals surface area (Å²) in [4.78, 5) is 25.8. The molecular weight excluding hydrogens is 375 g/mol. The third kappa shape index (κ3) is 5.13. The summed E-state index contributed by atoms with van der Waals surface area (Å²) in [6, 6.07) is 10.3. The minimum Gasteiger partial charge on any atom is -0.495 e. The fraction of sp³-hybridized carbons (Fsp3) is 0.263. The Morgan fingerprint density at radius 3 is 2.42 bits per heavy atom. The summed E-state index contributed by atoms with van der Waals surface area (Å²) in [6.07, 6.45) is 0.112. The average molecular weight is 395 g/mol. The van der Waals surface area contributed by atoms with Gasteiger partial charge in [0.05, 0.1) is 12.8 Å². The summed E-state index contributed by atoms with van der Waals surface area (Å²) in [6.45, 7) is 3.50. The molecule has 0 unspecified atom stereocenters. The van der Waals surface area contributed by atoms with E-state index in [1.165, 1.54) is 18.9 Å². The predicted octanol–water partition coefficient (Wildman–Crippen LogP) is 4.69. The number of nitrogens with one attached hydrogen (secondary N) is 1. The minimum absolute atomic E-state index is 0.112. The van der Waals surface area contributed by atoms with Crippen LogP contribution in [0.1, 0.15) is 18.9 Å². The van der Waals surface area contributed by atoms with Crippen LogP contribution in [-0.4, -0.2) is 25.5 Å². The first-order chi connectivity index (χ1) is 12.3. The number of hydrogen-bond acceptors (Lipinski definition) is 3. The molecule has 0 aliphatic carbocycles. The Hall–Kier alpha value is -2.24. The maximum absolute atomic E-state index is 12.3. The number of amides is 2. The monoisotopic (exact) mass is 394 g/mol. The fourth-order valence-corrected chi connectivity index (χ4v) is 2.81. The molecule has 0 aliphatic rings. The van der Waals surface area contributed by atoms with E-state index in [4.69, 9.17) is 27.9 Å². The largest absolute Gasteiger partial charge is 0.495 e. The standard InChI is InChI=1S/C19H20Cl2N2O3/c1-12-4-5-14(20)10-16(12)22-19(25)8-9-23(13(2)24)17-11-15(21)6-7-18(17)26-3/h4-7,10-11H,8-9H2,1-3H3,(H,22,25). The first kappa shape index (κ1) is 20.1. The van der Waals surface area contributed by atoms with E-state index in [1.54, 1.807) is 30.3 Å². The van der Waals surface area contributed by atoms with Gasteiger partial charge in [0, 0.05) is 35.6 Å². The van der Waals surface area contributed by atoms with Gasteiger partial charge in [-0.25, -0.2) is 0 Å². The number of nitrogens with zero attached hydrogens (tertiary/aromatic N) is 1. The number of methoxy groups -OCH3 is 1. The first-order valence-corrected chi connectivity index (χ1v) is 8.75. The molecule has 0 saturated heterocycles. The van der Waals surface area contributed by atoms with Gasteiger partial charge in [0.1, 0.15) is 5.75 Å². The summed E-state index contributed by atoms with van der Waals surface area (Å²) in [5.41, 5.74) is 2.08. The molecule has 0 heterocycles. The number of benzene rings is 2. The number of halogens is 2. The number of ether oxygens (including phenoxy) is 1. The van der Waals surface area contributed by atoms with E-state index in [-0.39, 0.29) is 24.8 Å². The number of aryl methyl sites for hydroxylation is 1. The minimum atomic E-state index is -0.220. The molecule has 7 heteroatoms. The molecule has 2 rings (SSSR count). The Morgan fingerprint density at radius 2 is 1.77 bits per heavy atom. The van der Waals surface area contributed by atoms with Gasteiger partial charge < -0.3 is 15.0 Å². The number of hydrogen-bond donors (Lipinski definition) is 1. The van der Waals surface area contributed by atoms with Crippen molar-refractivity contribution < 1.29 is 14.3 Å². The van der Waals surface area contributed by atoms with E-state index in [0.29, 0.717) is 27.2 Å². The van der Waals surface area contributed by atoms with Crippen molar-refractivity contribution >= 4 is 46.4 Å². The zero-order valence-electron chi connectivity index (χ0n) is 14.8. The van der Waals surface area contributed by atoms with Crippen LogP contribution in [0, 0.1) is 6.92 Å². The molecule has 0 atom stereocenters. The van der Waals surface area contributed by atoms with Crippen molar-refractivity contribution in [1.82, 2.24) is 0 Å². The summed E-state index contributed by atoms with van der Waals surface area (Å²) in [5, 5.41) is 3.84. The van der Waals surface area contributed by atoms with Crippen molar-refractivity contribution in [3.05, 3.63) is 52.0 Å². The predicted molar refractivity (Wildman–Crippen MR) is 105 cm³/mol. The molecular formula is C19H20Cl2N2O3. The van der Waals surface area contributed by atoms with Gasteiger partial charge in [-0.1, -0.05) is 29.3 Å². The van der Waals surface area contributed by atoms with Crippen LogP contribution in [0.3, 0.4) is 0 Å². The second-order valence-electron chi connectivity index (χ2n) is 5.74. The highest BCUT2D eigenvalue weighted by Gasteiger charge is 2.18. The van der Waals surface area contributed by atoms with Crippen LogP contribution in [0.4, 0.5) is 11.4 Å². The number of carbonyl (C=O) groups excluding carboxylic acids is 2. The third-order valence-electron chi connectivity index (χ3n) is 3.85. The maximum Gasteiger partial charge on any atom is 0.226 e. The molecule has 2 aromatic rings. The molecule has 26 heavy (non-hydrogen) atoms. The molecule has 2 amide bonds. The SMILES string of the molecule is COc1ccc(Cl)cc1N(CCC(=O)Nc1cc(Cl)ccc1C)C(C)=O. The van der Waals surface area contributed by atoms with Crippen molar-refractivity contribution in [2.24, 2.45) is 0 Å². The molecule has 138 valence electrons. The lowest BCUT2D eigenvalue weighted by Crippen LogP contribution is -2.32. The Labute approximate surface area is 162 Å². The smallest absolute Gasteiger partial charge is 0.226 e. The van der Waals surface area contributed by atoms with Gasteiger partial charge in [0.15, 0.2) is 0 Å². The van der Waals surface area contributed by atoms with Crippen LogP contribution in [0.25, 0.3) is 0 Å². The van der Waals surface area contributed by atoms with E-state index in [0.717, 1.165) is 5.56 Å². The van der Waals surface area contributed by atoms with E-state index >= 15 is 0 Å². The van der Waals surface area contributed by atoms with Crippen LogP contribution in [0.2, 0.25) is 10.0 Å². The Morgan fingerprint density at radius 1 is 1.12 bits per heavy atom. The summed E-state index contributed by atoms with van der Waals surface area (Å²) >= 11 is 12.0. The zero-order valence-corrected chi connectivity index (χ0v) is 16.3. The molecule has 0 spiro atoms. The topological polar surface area (TPSA) is 58.6 Å². The Bertz CT molecular complexity index is 824. The third-order valence-corrected chi connectivity index (χ3v) is 4.32. The number of rotatable bonds is 6. The molecule has 0 fully saturated rings. The van der Waals surface area contributed by atoms with Crippen molar-refractivity contribution in [2.75, 3.05) is 23.9 Å². The van der Waals surface area contributed by atoms with E-state index in [9.17, 15) is 9.59 Å².